The molecule has 194 valence electrons. The second kappa shape index (κ2) is 9.91. The van der Waals surface area contributed by atoms with Crippen molar-refractivity contribution in [3.8, 4) is 6.07 Å². The molecule has 0 radical (unpaired) electrons. The molecule has 0 unspecified atom stereocenters. The van der Waals surface area contributed by atoms with Gasteiger partial charge in [-0.05, 0) is 74.2 Å². The number of benzene rings is 2. The van der Waals surface area contributed by atoms with Crippen molar-refractivity contribution < 1.29 is 35.9 Å². The predicted octanol–water partition coefficient (Wildman–Crippen LogP) is 7.17. The third-order valence-electron chi connectivity index (χ3n) is 6.23. The predicted molar refractivity (Wildman–Crippen MR) is 122 cm³/mol. The molecule has 0 spiro atoms. The zero-order valence-corrected chi connectivity index (χ0v) is 20.1. The van der Waals surface area contributed by atoms with Gasteiger partial charge in [0, 0.05) is 6.54 Å². The van der Waals surface area contributed by atoms with Crippen molar-refractivity contribution in [2.24, 2.45) is 0 Å². The number of nitriles is 1. The monoisotopic (exact) mass is 513 g/mol. The molecule has 2 atom stereocenters. The van der Waals surface area contributed by atoms with Gasteiger partial charge >= 0.3 is 18.4 Å². The molecule has 1 aliphatic rings. The summed E-state index contributed by atoms with van der Waals surface area (Å²) in [4.78, 5) is 15.7. The zero-order chi connectivity index (χ0) is 27.0. The number of hydrogen-bond donors (Lipinski definition) is 0. The van der Waals surface area contributed by atoms with Crippen molar-refractivity contribution in [2.75, 3.05) is 23.0 Å². The summed E-state index contributed by atoms with van der Waals surface area (Å²) < 4.78 is 86.1. The molecule has 2 aromatic rings. The number of anilines is 2. The van der Waals surface area contributed by atoms with Crippen molar-refractivity contribution >= 4 is 17.5 Å². The number of alkyl halides is 6. The molecule has 1 heterocycles. The lowest BCUT2D eigenvalue weighted by atomic mass is 9.95. The van der Waals surface area contributed by atoms with Crippen molar-refractivity contribution in [1.82, 2.24) is 0 Å². The van der Waals surface area contributed by atoms with E-state index in [1.54, 1.807) is 32.9 Å². The number of hydrogen-bond acceptors (Lipinski definition) is 4. The summed E-state index contributed by atoms with van der Waals surface area (Å²) in [5.74, 6) is 0. The Bertz CT molecular complexity index is 1150. The maximum Gasteiger partial charge on any atom is 0.416 e. The van der Waals surface area contributed by atoms with E-state index in [1.807, 2.05) is 13.0 Å². The molecular weight excluding hydrogens is 488 g/mol. The summed E-state index contributed by atoms with van der Waals surface area (Å²) in [6, 6.07) is 4.43. The van der Waals surface area contributed by atoms with E-state index in [0.717, 1.165) is 11.1 Å². The van der Waals surface area contributed by atoms with Gasteiger partial charge in [-0.1, -0.05) is 6.92 Å². The van der Waals surface area contributed by atoms with E-state index >= 15 is 0 Å². The highest BCUT2D eigenvalue weighted by Crippen LogP contribution is 2.44. The Morgan fingerprint density at radius 3 is 1.97 bits per heavy atom. The molecule has 0 fully saturated rings. The quantitative estimate of drug-likeness (QED) is 0.407. The van der Waals surface area contributed by atoms with Crippen molar-refractivity contribution in [3.05, 3.63) is 58.1 Å². The minimum atomic E-state index is -5.05. The minimum Gasteiger partial charge on any atom is -0.449 e. The molecule has 3 rings (SSSR count). The number of halogens is 6. The Kier molecular flexibility index (Phi) is 7.48. The second-order valence-electron chi connectivity index (χ2n) is 8.58. The van der Waals surface area contributed by atoms with Crippen molar-refractivity contribution in [1.29, 1.82) is 5.26 Å². The molecule has 11 heteroatoms. The minimum absolute atomic E-state index is 0.000634. The fourth-order valence-electron chi connectivity index (χ4n) is 4.27. The lowest BCUT2D eigenvalue weighted by Crippen LogP contribution is -2.52. The van der Waals surface area contributed by atoms with E-state index in [2.05, 4.69) is 0 Å². The van der Waals surface area contributed by atoms with Crippen molar-refractivity contribution in [3.63, 3.8) is 0 Å². The maximum atomic E-state index is 13.5. The van der Waals surface area contributed by atoms with Crippen LogP contribution in [0.2, 0.25) is 0 Å². The first-order valence-corrected chi connectivity index (χ1v) is 11.3. The molecule has 1 aliphatic heterocycles. The average molecular weight is 513 g/mol. The van der Waals surface area contributed by atoms with Gasteiger partial charge in [-0.2, -0.15) is 31.6 Å². The fraction of sp³-hybridized carbons (Fsp3) is 0.440. The third-order valence-corrected chi connectivity index (χ3v) is 6.23. The van der Waals surface area contributed by atoms with E-state index in [9.17, 15) is 36.4 Å². The number of amides is 1. The molecular formula is C25H25F6N3O2. The van der Waals surface area contributed by atoms with Crippen LogP contribution >= 0.6 is 0 Å². The molecule has 0 saturated heterocycles. The summed E-state index contributed by atoms with van der Waals surface area (Å²) in [5.41, 5.74) is -1.13. The topological polar surface area (TPSA) is 56.6 Å². The van der Waals surface area contributed by atoms with Crippen LogP contribution in [0.4, 0.5) is 42.5 Å². The van der Waals surface area contributed by atoms with E-state index in [0.29, 0.717) is 29.9 Å². The molecule has 0 bridgehead atoms. The molecule has 5 nitrogen and oxygen atoms in total. The fourth-order valence-corrected chi connectivity index (χ4v) is 4.27. The van der Waals surface area contributed by atoms with Crippen LogP contribution in [-0.4, -0.2) is 25.3 Å². The zero-order valence-electron chi connectivity index (χ0n) is 20.1. The van der Waals surface area contributed by atoms with Crippen LogP contribution < -0.4 is 9.80 Å². The van der Waals surface area contributed by atoms with Gasteiger partial charge in [0.25, 0.3) is 0 Å². The van der Waals surface area contributed by atoms with Crippen LogP contribution in [0.1, 0.15) is 54.1 Å². The maximum absolute atomic E-state index is 13.5. The smallest absolute Gasteiger partial charge is 0.416 e. The van der Waals surface area contributed by atoms with Gasteiger partial charge in [-0.15, -0.1) is 0 Å². The van der Waals surface area contributed by atoms with Crippen LogP contribution in [-0.2, 0) is 17.1 Å². The number of aryl methyl sites for hydroxylation is 2. The Hall–Kier alpha value is -3.42. The molecule has 36 heavy (non-hydrogen) atoms. The van der Waals surface area contributed by atoms with Gasteiger partial charge in [0.15, 0.2) is 0 Å². The first-order chi connectivity index (χ1) is 16.7. The third kappa shape index (κ3) is 5.22. The van der Waals surface area contributed by atoms with Gasteiger partial charge in [0.1, 0.15) is 6.04 Å². The summed E-state index contributed by atoms with van der Waals surface area (Å²) >= 11 is 0. The first-order valence-electron chi connectivity index (χ1n) is 11.3. The average Bonchev–Trinajstić information content (AvgIpc) is 2.79. The van der Waals surface area contributed by atoms with Gasteiger partial charge in [-0.3, -0.25) is 4.90 Å². The van der Waals surface area contributed by atoms with E-state index in [1.165, 1.54) is 9.80 Å². The first kappa shape index (κ1) is 27.2. The number of rotatable bonds is 4. The summed E-state index contributed by atoms with van der Waals surface area (Å²) in [5, 5.41) is 10.0. The van der Waals surface area contributed by atoms with Gasteiger partial charge in [0.05, 0.1) is 41.2 Å². The highest BCUT2D eigenvalue weighted by molar-refractivity contribution is 5.95. The van der Waals surface area contributed by atoms with Gasteiger partial charge in [0.2, 0.25) is 0 Å². The molecule has 0 aromatic heterocycles. The number of nitrogens with zero attached hydrogens (tertiary/aromatic N) is 3. The summed E-state index contributed by atoms with van der Waals surface area (Å²) in [6.07, 6.45) is -10.3. The van der Waals surface area contributed by atoms with Crippen LogP contribution in [0.3, 0.4) is 0 Å². The number of fused-ring (bicyclic) bond motifs is 1. The SMILES string of the molecule is CCOC(=O)N1c2cc(C)c(C)cc2N([C@H](C#N)c2cc(C(F)(F)F)cc(C(F)(F)F)c2)C[C@@H]1CC. The number of carbonyl (C=O) groups excluding carboxylic acids is 1. The number of ether oxygens (including phenoxy) is 1. The molecule has 1 amide bonds. The standard InChI is InChI=1S/C25H25F6N3O2/c1-5-19-13-33(20-7-14(3)15(4)8-21(20)34(19)23(35)36-6-2)22(12-32)16-9-17(24(26,27)28)11-18(10-16)25(29,30)31/h7-11,19,22H,5-6,13H2,1-4H3/t19-,22+/m0/s1. The lowest BCUT2D eigenvalue weighted by molar-refractivity contribution is -0.143. The van der Waals surface area contributed by atoms with Crippen LogP contribution in [0.15, 0.2) is 30.3 Å². The summed E-state index contributed by atoms with van der Waals surface area (Å²) in [6.45, 7) is 7.13. The summed E-state index contributed by atoms with van der Waals surface area (Å²) in [7, 11) is 0. The van der Waals surface area contributed by atoms with Gasteiger partial charge < -0.3 is 9.64 Å². The van der Waals surface area contributed by atoms with E-state index in [4.69, 9.17) is 4.74 Å². The van der Waals surface area contributed by atoms with Crippen LogP contribution in [0.25, 0.3) is 0 Å². The Labute approximate surface area is 204 Å². The Morgan fingerprint density at radius 1 is 1.00 bits per heavy atom. The molecule has 0 aliphatic carbocycles. The highest BCUT2D eigenvalue weighted by Gasteiger charge is 2.41. The van der Waals surface area contributed by atoms with Gasteiger partial charge in [-0.25, -0.2) is 4.79 Å². The normalized spacial score (nSPS) is 16.9. The number of carbonyl (C=O) groups is 1. The lowest BCUT2D eigenvalue weighted by Gasteiger charge is -2.44. The van der Waals surface area contributed by atoms with Crippen molar-refractivity contribution in [2.45, 2.75) is 58.6 Å². The highest BCUT2D eigenvalue weighted by atomic mass is 19.4. The van der Waals surface area contributed by atoms with Crippen LogP contribution in [0.5, 0.6) is 0 Å². The largest absolute Gasteiger partial charge is 0.449 e. The Balaban J connectivity index is 2.24. The van der Waals surface area contributed by atoms with Crippen LogP contribution in [0, 0.1) is 25.2 Å². The second-order valence-corrected chi connectivity index (χ2v) is 8.58. The van der Waals surface area contributed by atoms with E-state index < -0.39 is 47.2 Å². The Morgan fingerprint density at radius 2 is 1.53 bits per heavy atom. The molecule has 0 N–H and O–H groups in total. The molecule has 0 saturated carbocycles. The molecule has 2 aromatic carbocycles. The van der Waals surface area contributed by atoms with E-state index in [-0.39, 0.29) is 19.2 Å².